The number of nitrogens with one attached hydrogen (secondary N) is 2. The van der Waals surface area contributed by atoms with E-state index in [-0.39, 0.29) is 10.6 Å². The number of hydrogen-bond donors (Lipinski definition) is 2. The Hall–Kier alpha value is -1.78. The number of anilines is 2. The zero-order valence-electron chi connectivity index (χ0n) is 10.6. The summed E-state index contributed by atoms with van der Waals surface area (Å²) < 4.78 is 0. The van der Waals surface area contributed by atoms with Crippen molar-refractivity contribution >= 4 is 17.1 Å². The second-order valence-corrected chi connectivity index (χ2v) is 4.69. The van der Waals surface area contributed by atoms with Gasteiger partial charge in [-0.2, -0.15) is 0 Å². The normalized spacial score (nSPS) is 16.3. The predicted molar refractivity (Wildman–Crippen MR) is 73.1 cm³/mol. The van der Waals surface area contributed by atoms with Gasteiger partial charge in [0.15, 0.2) is 0 Å². The van der Waals surface area contributed by atoms with Gasteiger partial charge >= 0.3 is 5.69 Å². The summed E-state index contributed by atoms with van der Waals surface area (Å²) in [5.74, 6) is 0. The molecule has 0 amide bonds. The van der Waals surface area contributed by atoms with Crippen molar-refractivity contribution in [3.63, 3.8) is 0 Å². The van der Waals surface area contributed by atoms with Gasteiger partial charge in [-0.05, 0) is 25.0 Å². The first-order chi connectivity index (χ1) is 8.72. The van der Waals surface area contributed by atoms with Gasteiger partial charge in [0.1, 0.15) is 11.4 Å². The first-order valence-electron chi connectivity index (χ1n) is 6.44. The maximum atomic E-state index is 11.2. The molecule has 0 heterocycles. The number of nitrogens with zero attached hydrogens (tertiary/aromatic N) is 1. The number of para-hydroxylation sites is 1. The Kier molecular flexibility index (Phi) is 4.02. The van der Waals surface area contributed by atoms with Crippen LogP contribution in [0.2, 0.25) is 0 Å². The van der Waals surface area contributed by atoms with Crippen molar-refractivity contribution in [2.45, 2.75) is 38.1 Å². The summed E-state index contributed by atoms with van der Waals surface area (Å²) in [5.41, 5.74) is 1.32. The highest BCUT2D eigenvalue weighted by Crippen LogP contribution is 2.34. The lowest BCUT2D eigenvalue weighted by atomic mass is 9.95. The van der Waals surface area contributed by atoms with E-state index >= 15 is 0 Å². The fourth-order valence-corrected chi connectivity index (χ4v) is 2.53. The molecular weight excluding hydrogens is 230 g/mol. The van der Waals surface area contributed by atoms with Crippen LogP contribution >= 0.6 is 0 Å². The molecule has 18 heavy (non-hydrogen) atoms. The van der Waals surface area contributed by atoms with E-state index in [9.17, 15) is 10.1 Å². The maximum absolute atomic E-state index is 11.2. The minimum Gasteiger partial charge on any atom is -0.382 e. The molecule has 5 heteroatoms. The highest BCUT2D eigenvalue weighted by Gasteiger charge is 2.21. The Morgan fingerprint density at radius 1 is 1.22 bits per heavy atom. The fourth-order valence-electron chi connectivity index (χ4n) is 2.53. The van der Waals surface area contributed by atoms with E-state index in [0.717, 1.165) is 12.8 Å². The van der Waals surface area contributed by atoms with Crippen molar-refractivity contribution in [2.24, 2.45) is 0 Å². The molecule has 0 atom stereocenters. The standard InChI is InChI=1S/C13H19N3O2/c1-14-11-8-5-9-12(13(11)16(17)18)15-10-6-3-2-4-7-10/h5,8-10,14-15H,2-4,6-7H2,1H3. The lowest BCUT2D eigenvalue weighted by molar-refractivity contribution is -0.383. The van der Waals surface area contributed by atoms with E-state index in [1.165, 1.54) is 19.3 Å². The van der Waals surface area contributed by atoms with Crippen LogP contribution in [0.3, 0.4) is 0 Å². The Balaban J connectivity index is 2.23. The number of nitro groups is 1. The van der Waals surface area contributed by atoms with Crippen LogP contribution in [0.5, 0.6) is 0 Å². The minimum atomic E-state index is -0.322. The summed E-state index contributed by atoms with van der Waals surface area (Å²) in [6.45, 7) is 0. The summed E-state index contributed by atoms with van der Waals surface area (Å²) in [5, 5.41) is 17.4. The van der Waals surface area contributed by atoms with Crippen molar-refractivity contribution in [3.8, 4) is 0 Å². The monoisotopic (exact) mass is 249 g/mol. The molecule has 1 fully saturated rings. The van der Waals surface area contributed by atoms with E-state index < -0.39 is 0 Å². The average Bonchev–Trinajstić information content (AvgIpc) is 2.39. The van der Waals surface area contributed by atoms with Crippen LogP contribution in [-0.4, -0.2) is 18.0 Å². The van der Waals surface area contributed by atoms with E-state index in [1.807, 2.05) is 6.07 Å². The molecule has 1 aromatic carbocycles. The molecule has 0 aliphatic heterocycles. The molecule has 1 aliphatic rings. The van der Waals surface area contributed by atoms with Crippen molar-refractivity contribution in [2.75, 3.05) is 17.7 Å². The molecule has 0 saturated heterocycles. The molecule has 0 bridgehead atoms. The first kappa shape index (κ1) is 12.7. The summed E-state index contributed by atoms with van der Waals surface area (Å²) in [6.07, 6.45) is 5.88. The fraction of sp³-hybridized carbons (Fsp3) is 0.538. The van der Waals surface area contributed by atoms with E-state index in [0.29, 0.717) is 17.4 Å². The lowest BCUT2D eigenvalue weighted by Crippen LogP contribution is -2.22. The van der Waals surface area contributed by atoms with E-state index in [4.69, 9.17) is 0 Å². The number of nitro benzene ring substituents is 1. The van der Waals surface area contributed by atoms with Crippen LogP contribution < -0.4 is 10.6 Å². The predicted octanol–water partition coefficient (Wildman–Crippen LogP) is 3.38. The van der Waals surface area contributed by atoms with Gasteiger partial charge in [0.05, 0.1) is 4.92 Å². The lowest BCUT2D eigenvalue weighted by Gasteiger charge is -2.24. The second kappa shape index (κ2) is 5.71. The van der Waals surface area contributed by atoms with Gasteiger partial charge < -0.3 is 10.6 Å². The highest BCUT2D eigenvalue weighted by atomic mass is 16.6. The molecule has 1 aliphatic carbocycles. The van der Waals surface area contributed by atoms with Gasteiger partial charge in [-0.3, -0.25) is 10.1 Å². The molecule has 2 rings (SSSR count). The Labute approximate surface area is 107 Å². The van der Waals surface area contributed by atoms with Crippen molar-refractivity contribution in [1.29, 1.82) is 0 Å². The van der Waals surface area contributed by atoms with Gasteiger partial charge in [0.2, 0.25) is 0 Å². The Morgan fingerprint density at radius 3 is 2.50 bits per heavy atom. The third-order valence-corrected chi connectivity index (χ3v) is 3.45. The summed E-state index contributed by atoms with van der Waals surface area (Å²) in [7, 11) is 1.70. The maximum Gasteiger partial charge on any atom is 0.315 e. The number of benzene rings is 1. The van der Waals surface area contributed by atoms with Gasteiger partial charge in [0, 0.05) is 13.1 Å². The second-order valence-electron chi connectivity index (χ2n) is 4.69. The van der Waals surface area contributed by atoms with Crippen LogP contribution in [0.4, 0.5) is 17.1 Å². The molecule has 0 aromatic heterocycles. The highest BCUT2D eigenvalue weighted by molar-refractivity contribution is 5.76. The molecule has 98 valence electrons. The average molecular weight is 249 g/mol. The van der Waals surface area contributed by atoms with E-state index in [1.54, 1.807) is 19.2 Å². The molecule has 0 spiro atoms. The first-order valence-corrected chi connectivity index (χ1v) is 6.44. The third kappa shape index (κ3) is 2.72. The van der Waals surface area contributed by atoms with Crippen LogP contribution in [-0.2, 0) is 0 Å². The largest absolute Gasteiger partial charge is 0.382 e. The quantitative estimate of drug-likeness (QED) is 0.634. The smallest absolute Gasteiger partial charge is 0.315 e. The number of hydrogen-bond acceptors (Lipinski definition) is 4. The zero-order chi connectivity index (χ0) is 13.0. The third-order valence-electron chi connectivity index (χ3n) is 3.45. The number of rotatable bonds is 4. The SMILES string of the molecule is CNc1cccc(NC2CCCCC2)c1[N+](=O)[O-]. The minimum absolute atomic E-state index is 0.144. The van der Waals surface area contributed by atoms with Crippen LogP contribution in [0.15, 0.2) is 18.2 Å². The van der Waals surface area contributed by atoms with Gasteiger partial charge in [-0.25, -0.2) is 0 Å². The van der Waals surface area contributed by atoms with Crippen molar-refractivity contribution in [1.82, 2.24) is 0 Å². The Bertz CT molecular complexity index is 428. The van der Waals surface area contributed by atoms with Gasteiger partial charge in [0.25, 0.3) is 0 Å². The molecule has 0 unspecified atom stereocenters. The van der Waals surface area contributed by atoms with Gasteiger partial charge in [-0.1, -0.05) is 25.3 Å². The van der Waals surface area contributed by atoms with Crippen LogP contribution in [0.1, 0.15) is 32.1 Å². The van der Waals surface area contributed by atoms with Crippen LogP contribution in [0.25, 0.3) is 0 Å². The molecule has 2 N–H and O–H groups in total. The molecular formula is C13H19N3O2. The summed E-state index contributed by atoms with van der Waals surface area (Å²) >= 11 is 0. The van der Waals surface area contributed by atoms with Crippen LogP contribution in [0, 0.1) is 10.1 Å². The van der Waals surface area contributed by atoms with Gasteiger partial charge in [-0.15, -0.1) is 0 Å². The summed E-state index contributed by atoms with van der Waals surface area (Å²) in [4.78, 5) is 10.8. The molecule has 1 saturated carbocycles. The Morgan fingerprint density at radius 2 is 1.89 bits per heavy atom. The van der Waals surface area contributed by atoms with Crippen molar-refractivity contribution < 1.29 is 4.92 Å². The molecule has 0 radical (unpaired) electrons. The molecule has 1 aromatic rings. The van der Waals surface area contributed by atoms with Crippen molar-refractivity contribution in [3.05, 3.63) is 28.3 Å². The summed E-state index contributed by atoms with van der Waals surface area (Å²) in [6, 6.07) is 5.71. The topological polar surface area (TPSA) is 67.2 Å². The molecule has 5 nitrogen and oxygen atoms in total. The zero-order valence-corrected chi connectivity index (χ0v) is 10.6. The van der Waals surface area contributed by atoms with E-state index in [2.05, 4.69) is 10.6 Å².